The van der Waals surface area contributed by atoms with Gasteiger partial charge in [-0.3, -0.25) is 9.78 Å². The zero-order valence-electron chi connectivity index (χ0n) is 13.6. The van der Waals surface area contributed by atoms with Gasteiger partial charge in [0.15, 0.2) is 11.0 Å². The van der Waals surface area contributed by atoms with E-state index < -0.39 is 22.9 Å². The summed E-state index contributed by atoms with van der Waals surface area (Å²) in [5.74, 6) is -1.61. The van der Waals surface area contributed by atoms with E-state index in [-0.39, 0.29) is 5.75 Å². The van der Waals surface area contributed by atoms with Gasteiger partial charge in [-0.25, -0.2) is 14.4 Å². The maximum Gasteiger partial charge on any atom is 0.316 e. The van der Waals surface area contributed by atoms with Crippen molar-refractivity contribution in [2.45, 2.75) is 19.0 Å². The molecule has 0 atom stereocenters. The van der Waals surface area contributed by atoms with Crippen LogP contribution in [0.4, 0.5) is 4.39 Å². The van der Waals surface area contributed by atoms with Crippen molar-refractivity contribution in [3.8, 4) is 11.4 Å². The van der Waals surface area contributed by atoms with Gasteiger partial charge in [0.2, 0.25) is 0 Å². The van der Waals surface area contributed by atoms with Gasteiger partial charge in [0, 0.05) is 12.4 Å². The molecule has 0 saturated carbocycles. The average Bonchev–Trinajstić information content (AvgIpc) is 2.67. The molecule has 2 aromatic heterocycles. The fraction of sp³-hybridized carbons (Fsp3) is 0.250. The van der Waals surface area contributed by atoms with Crippen LogP contribution in [0.3, 0.4) is 0 Å². The third-order valence-electron chi connectivity index (χ3n) is 2.44. The highest BCUT2D eigenvalue weighted by Gasteiger charge is 2.10. The first-order chi connectivity index (χ1) is 12.1. The quantitative estimate of drug-likeness (QED) is 0.391. The second kappa shape index (κ2) is 11.8. The van der Waals surface area contributed by atoms with Gasteiger partial charge in [-0.1, -0.05) is 54.9 Å². The molecule has 0 saturated heterocycles. The van der Waals surface area contributed by atoms with E-state index in [1.807, 2.05) is 26.0 Å². The predicted octanol–water partition coefficient (Wildman–Crippen LogP) is 4.82. The highest BCUT2D eigenvalue weighted by Crippen LogP contribution is 2.19. The van der Waals surface area contributed by atoms with E-state index in [1.165, 1.54) is 0 Å². The Bertz CT molecular complexity index is 714. The van der Waals surface area contributed by atoms with Crippen molar-refractivity contribution in [1.29, 1.82) is 0 Å². The monoisotopic (exact) mass is 403 g/mol. The van der Waals surface area contributed by atoms with Crippen molar-refractivity contribution in [1.82, 2.24) is 15.0 Å². The first-order valence-electron chi connectivity index (χ1n) is 7.29. The molecular weight excluding hydrogens is 388 g/mol. The van der Waals surface area contributed by atoms with Crippen LogP contribution < -0.4 is 0 Å². The van der Waals surface area contributed by atoms with Crippen molar-refractivity contribution >= 4 is 40.9 Å². The largest absolute Gasteiger partial charge is 0.458 e. The van der Waals surface area contributed by atoms with E-state index >= 15 is 0 Å². The summed E-state index contributed by atoms with van der Waals surface area (Å²) in [6.07, 6.45) is 3.23. The summed E-state index contributed by atoms with van der Waals surface area (Å²) < 4.78 is 17.1. The number of halogens is 3. The summed E-state index contributed by atoms with van der Waals surface area (Å²) in [6.45, 7) is 3.40. The molecule has 0 unspecified atom stereocenters. The van der Waals surface area contributed by atoms with Crippen LogP contribution in [-0.2, 0) is 9.53 Å². The van der Waals surface area contributed by atoms with Crippen LogP contribution in [0.2, 0.25) is 0 Å². The van der Waals surface area contributed by atoms with Gasteiger partial charge in [0.25, 0.3) is 0 Å². The van der Waals surface area contributed by atoms with Crippen LogP contribution in [0.25, 0.3) is 11.4 Å². The number of pyridine rings is 1. The maximum absolute atomic E-state index is 13.0. The van der Waals surface area contributed by atoms with Gasteiger partial charge >= 0.3 is 5.97 Å². The van der Waals surface area contributed by atoms with Crippen molar-refractivity contribution in [2.24, 2.45) is 0 Å². The van der Waals surface area contributed by atoms with Crippen molar-refractivity contribution in [3.05, 3.63) is 47.0 Å². The normalized spacial score (nSPS) is 9.64. The summed E-state index contributed by atoms with van der Waals surface area (Å²) in [6, 6.07) is 7.18. The second-order valence-electron chi connectivity index (χ2n) is 4.05. The third-order valence-corrected chi connectivity index (χ3v) is 3.69. The first kappa shape index (κ1) is 21.3. The van der Waals surface area contributed by atoms with Gasteiger partial charge in [-0.15, -0.1) is 0 Å². The molecule has 0 amide bonds. The zero-order chi connectivity index (χ0) is 18.7. The minimum Gasteiger partial charge on any atom is -0.458 e. The van der Waals surface area contributed by atoms with Crippen LogP contribution >= 0.6 is 35.0 Å². The Kier molecular flexibility index (Phi) is 10.1. The number of thioether (sulfide) groups is 1. The van der Waals surface area contributed by atoms with Gasteiger partial charge in [-0.05, 0) is 18.2 Å². The molecule has 134 valence electrons. The number of hydrogen-bond donors (Lipinski definition) is 0. The molecule has 0 aliphatic carbocycles. The molecule has 0 radical (unpaired) electrons. The molecule has 0 bridgehead atoms. The summed E-state index contributed by atoms with van der Waals surface area (Å²) in [5.41, 5.74) is 1.34. The van der Waals surface area contributed by atoms with Crippen LogP contribution in [-0.4, -0.2) is 33.3 Å². The van der Waals surface area contributed by atoms with Crippen LogP contribution in [0.5, 0.6) is 0 Å². The van der Waals surface area contributed by atoms with Crippen molar-refractivity contribution < 1.29 is 13.9 Å². The van der Waals surface area contributed by atoms with E-state index in [0.717, 1.165) is 11.8 Å². The Labute approximate surface area is 159 Å². The van der Waals surface area contributed by atoms with E-state index in [1.54, 1.807) is 24.5 Å². The Balaban J connectivity index is 0.00000151. The highest BCUT2D eigenvalue weighted by atomic mass is 35.5. The fourth-order valence-electron chi connectivity index (χ4n) is 1.43. The Hall–Kier alpha value is -1.70. The predicted molar refractivity (Wildman–Crippen MR) is 98.1 cm³/mol. The van der Waals surface area contributed by atoms with Crippen molar-refractivity contribution in [2.75, 3.05) is 12.4 Å². The molecule has 0 fully saturated rings. The van der Waals surface area contributed by atoms with Crippen LogP contribution in [0, 0.1) is 0 Å². The first-order valence-corrected chi connectivity index (χ1v) is 9.03. The highest BCUT2D eigenvalue weighted by molar-refractivity contribution is 7.99. The van der Waals surface area contributed by atoms with E-state index in [0.29, 0.717) is 16.5 Å². The molecule has 9 heteroatoms. The lowest BCUT2D eigenvalue weighted by Gasteiger charge is -2.04. The number of carbonyl (C=O) groups excluding carboxylic acids is 1. The molecule has 2 aromatic rings. The maximum atomic E-state index is 13.0. The summed E-state index contributed by atoms with van der Waals surface area (Å²) >= 11 is 11.5. The molecule has 2 rings (SSSR count). The molecular formula is C16H16Cl2FN3O2S. The minimum atomic E-state index is -0.903. The number of rotatable bonds is 6. The number of aromatic nitrogens is 3. The Morgan fingerprint density at radius 2 is 1.92 bits per heavy atom. The number of ether oxygens (including phenoxy) is 1. The molecule has 0 aliphatic rings. The molecule has 2 heterocycles. The van der Waals surface area contributed by atoms with Gasteiger partial charge < -0.3 is 4.74 Å². The van der Waals surface area contributed by atoms with E-state index in [4.69, 9.17) is 23.2 Å². The minimum absolute atomic E-state index is 0.0706. The van der Waals surface area contributed by atoms with Crippen LogP contribution in [0.15, 0.2) is 52.1 Å². The third kappa shape index (κ3) is 7.81. The summed E-state index contributed by atoms with van der Waals surface area (Å²) in [4.78, 5) is 24.0. The zero-order valence-corrected chi connectivity index (χ0v) is 15.9. The SMILES string of the molecule is CC.O=C(CSc1nccc(-c2ccccn2)n1)OCC(F)=C(Cl)Cl. The fourth-order valence-corrected chi connectivity index (χ4v) is 2.17. The number of carbonyl (C=O) groups is 1. The smallest absolute Gasteiger partial charge is 0.316 e. The number of hydrogen-bond acceptors (Lipinski definition) is 6. The van der Waals surface area contributed by atoms with Crippen molar-refractivity contribution in [3.63, 3.8) is 0 Å². The molecule has 25 heavy (non-hydrogen) atoms. The molecule has 0 spiro atoms. The number of esters is 1. The van der Waals surface area contributed by atoms with Crippen LogP contribution in [0.1, 0.15) is 13.8 Å². The summed E-state index contributed by atoms with van der Waals surface area (Å²) in [7, 11) is 0. The topological polar surface area (TPSA) is 65.0 Å². The standard InChI is InChI=1S/C14H10Cl2FN3O2S.C2H6/c15-13(16)9(17)7-22-12(21)8-23-14-19-6-4-11(20-14)10-3-1-2-5-18-10;1-2/h1-6H,7-8H2;1-2H3. The Morgan fingerprint density at radius 1 is 1.16 bits per heavy atom. The van der Waals surface area contributed by atoms with Gasteiger partial charge in [-0.2, -0.15) is 0 Å². The summed E-state index contributed by atoms with van der Waals surface area (Å²) in [5, 5.41) is 0.386. The second-order valence-corrected chi connectivity index (χ2v) is 5.95. The molecule has 0 N–H and O–H groups in total. The van der Waals surface area contributed by atoms with Gasteiger partial charge in [0.05, 0.1) is 17.1 Å². The van der Waals surface area contributed by atoms with E-state index in [2.05, 4.69) is 19.7 Å². The average molecular weight is 404 g/mol. The lowest BCUT2D eigenvalue weighted by molar-refractivity contribution is -0.139. The Morgan fingerprint density at radius 3 is 2.56 bits per heavy atom. The molecule has 0 aromatic carbocycles. The molecule has 5 nitrogen and oxygen atoms in total. The molecule has 0 aliphatic heterocycles. The lowest BCUT2D eigenvalue weighted by Crippen LogP contribution is -2.09. The number of nitrogens with zero attached hydrogens (tertiary/aromatic N) is 3. The lowest BCUT2D eigenvalue weighted by atomic mass is 10.3. The van der Waals surface area contributed by atoms with Gasteiger partial charge in [0.1, 0.15) is 11.1 Å². The van der Waals surface area contributed by atoms with E-state index in [9.17, 15) is 9.18 Å².